The van der Waals surface area contributed by atoms with E-state index in [1.54, 1.807) is 22.7 Å². The lowest BCUT2D eigenvalue weighted by molar-refractivity contribution is 1.09. The number of hydrogen-bond donors (Lipinski definition) is 1. The Morgan fingerprint density at radius 1 is 1.38 bits per heavy atom. The van der Waals surface area contributed by atoms with Gasteiger partial charge in [-0.2, -0.15) is 11.3 Å². The number of hydrogen-bond acceptors (Lipinski definition) is 5. The summed E-state index contributed by atoms with van der Waals surface area (Å²) >= 11 is 6.66. The first-order valence-corrected chi connectivity index (χ1v) is 6.10. The van der Waals surface area contributed by atoms with Crippen molar-refractivity contribution in [2.45, 2.75) is 0 Å². The Hall–Kier alpha value is -0.460. The highest BCUT2D eigenvalue weighted by atomic mass is 79.9. The van der Waals surface area contributed by atoms with Crippen LogP contribution >= 0.6 is 38.6 Å². The maximum atomic E-state index is 4.07. The molecule has 2 aromatic heterocycles. The van der Waals surface area contributed by atoms with Gasteiger partial charge in [-0.05, 0) is 15.9 Å². The fourth-order valence-electron chi connectivity index (χ4n) is 0.867. The van der Waals surface area contributed by atoms with Gasteiger partial charge in [-0.25, -0.2) is 0 Å². The summed E-state index contributed by atoms with van der Waals surface area (Å²) in [7, 11) is 1.84. The molecule has 0 aliphatic rings. The van der Waals surface area contributed by atoms with Gasteiger partial charge < -0.3 is 5.32 Å². The molecule has 1 N–H and O–H groups in total. The van der Waals surface area contributed by atoms with Gasteiger partial charge >= 0.3 is 0 Å². The standard InChI is InChI=1S/C7H6BrN3S2/c1-9-7-11-10-6(13-7)4-2-12-3-5(4)8/h2-3H,1H3,(H,9,11). The van der Waals surface area contributed by atoms with Gasteiger partial charge in [-0.1, -0.05) is 11.3 Å². The Morgan fingerprint density at radius 3 is 2.77 bits per heavy atom. The van der Waals surface area contributed by atoms with E-state index in [0.29, 0.717) is 0 Å². The number of aromatic nitrogens is 2. The first-order valence-electron chi connectivity index (χ1n) is 3.54. The van der Waals surface area contributed by atoms with Crippen molar-refractivity contribution in [1.29, 1.82) is 0 Å². The molecule has 13 heavy (non-hydrogen) atoms. The van der Waals surface area contributed by atoms with Crippen molar-refractivity contribution in [1.82, 2.24) is 10.2 Å². The van der Waals surface area contributed by atoms with E-state index in [9.17, 15) is 0 Å². The zero-order valence-electron chi connectivity index (χ0n) is 6.74. The Balaban J connectivity index is 2.41. The fourth-order valence-corrected chi connectivity index (χ4v) is 3.27. The van der Waals surface area contributed by atoms with Crippen molar-refractivity contribution < 1.29 is 0 Å². The van der Waals surface area contributed by atoms with Crippen LogP contribution in [0.4, 0.5) is 5.13 Å². The lowest BCUT2D eigenvalue weighted by Gasteiger charge is -1.88. The minimum Gasteiger partial charge on any atom is -0.363 e. The van der Waals surface area contributed by atoms with E-state index < -0.39 is 0 Å². The van der Waals surface area contributed by atoms with Gasteiger partial charge in [0, 0.05) is 27.8 Å². The minimum atomic E-state index is 0.841. The van der Waals surface area contributed by atoms with Crippen molar-refractivity contribution >= 4 is 43.7 Å². The zero-order valence-corrected chi connectivity index (χ0v) is 9.96. The number of rotatable bonds is 2. The predicted octanol–water partition coefficient (Wildman–Crippen LogP) is 3.07. The molecule has 0 fully saturated rings. The summed E-state index contributed by atoms with van der Waals surface area (Å²) in [6.07, 6.45) is 0. The molecule has 68 valence electrons. The summed E-state index contributed by atoms with van der Waals surface area (Å²) in [5.41, 5.74) is 1.11. The average molecular weight is 276 g/mol. The van der Waals surface area contributed by atoms with Gasteiger partial charge in [-0.3, -0.25) is 0 Å². The van der Waals surface area contributed by atoms with Crippen LogP contribution in [0, 0.1) is 0 Å². The molecule has 0 aliphatic heterocycles. The van der Waals surface area contributed by atoms with Crippen molar-refractivity contribution in [2.75, 3.05) is 12.4 Å². The monoisotopic (exact) mass is 275 g/mol. The third kappa shape index (κ3) is 1.74. The zero-order chi connectivity index (χ0) is 9.26. The van der Waals surface area contributed by atoms with Crippen molar-refractivity contribution in [2.24, 2.45) is 0 Å². The topological polar surface area (TPSA) is 37.8 Å². The van der Waals surface area contributed by atoms with Crippen LogP contribution in [0.5, 0.6) is 0 Å². The molecule has 0 aromatic carbocycles. The van der Waals surface area contributed by atoms with Gasteiger partial charge in [0.05, 0.1) is 0 Å². The molecule has 0 saturated carbocycles. The van der Waals surface area contributed by atoms with Crippen molar-refractivity contribution in [3.05, 3.63) is 15.2 Å². The normalized spacial score (nSPS) is 10.3. The summed E-state index contributed by atoms with van der Waals surface area (Å²) in [6, 6.07) is 0. The van der Waals surface area contributed by atoms with Crippen LogP contribution in [0.25, 0.3) is 10.6 Å². The number of halogens is 1. The van der Waals surface area contributed by atoms with E-state index in [4.69, 9.17) is 0 Å². The van der Waals surface area contributed by atoms with E-state index in [-0.39, 0.29) is 0 Å². The van der Waals surface area contributed by atoms with Crippen LogP contribution in [0.15, 0.2) is 15.2 Å². The van der Waals surface area contributed by atoms with Gasteiger partial charge in [-0.15, -0.1) is 10.2 Å². The fraction of sp³-hybridized carbons (Fsp3) is 0.143. The highest BCUT2D eigenvalue weighted by Gasteiger charge is 2.09. The molecule has 2 aromatic rings. The van der Waals surface area contributed by atoms with Crippen molar-refractivity contribution in [3.63, 3.8) is 0 Å². The number of thiophene rings is 1. The second-order valence-electron chi connectivity index (χ2n) is 2.30. The van der Waals surface area contributed by atoms with Crippen LogP contribution < -0.4 is 5.32 Å². The largest absolute Gasteiger partial charge is 0.363 e. The summed E-state index contributed by atoms with van der Waals surface area (Å²) in [4.78, 5) is 0. The van der Waals surface area contributed by atoms with Crippen LogP contribution in [-0.4, -0.2) is 17.2 Å². The Labute approximate surface area is 92.0 Å². The van der Waals surface area contributed by atoms with E-state index >= 15 is 0 Å². The first-order chi connectivity index (χ1) is 6.31. The highest BCUT2D eigenvalue weighted by molar-refractivity contribution is 9.10. The predicted molar refractivity (Wildman–Crippen MR) is 60.5 cm³/mol. The molecule has 3 nitrogen and oxygen atoms in total. The smallest absolute Gasteiger partial charge is 0.205 e. The third-order valence-electron chi connectivity index (χ3n) is 1.48. The maximum absolute atomic E-state index is 4.07. The number of anilines is 1. The van der Waals surface area contributed by atoms with Crippen LogP contribution in [0.2, 0.25) is 0 Å². The lowest BCUT2D eigenvalue weighted by atomic mass is 10.4. The average Bonchev–Trinajstić information content (AvgIpc) is 2.71. The second-order valence-corrected chi connectivity index (χ2v) is 4.87. The van der Waals surface area contributed by atoms with Gasteiger partial charge in [0.2, 0.25) is 5.13 Å². The molecule has 0 radical (unpaired) electrons. The maximum Gasteiger partial charge on any atom is 0.205 e. The molecule has 0 atom stereocenters. The molecule has 0 bridgehead atoms. The molecule has 0 spiro atoms. The van der Waals surface area contributed by atoms with Crippen LogP contribution in [0.3, 0.4) is 0 Å². The van der Waals surface area contributed by atoms with Gasteiger partial charge in [0.15, 0.2) is 5.01 Å². The Bertz CT molecular complexity index is 409. The van der Waals surface area contributed by atoms with Crippen LogP contribution in [-0.2, 0) is 0 Å². The van der Waals surface area contributed by atoms with Crippen LogP contribution in [0.1, 0.15) is 0 Å². The number of nitrogens with one attached hydrogen (secondary N) is 1. The first kappa shape index (κ1) is 9.11. The number of nitrogens with zero attached hydrogens (tertiary/aromatic N) is 2. The molecule has 0 amide bonds. The van der Waals surface area contributed by atoms with E-state index in [1.165, 1.54) is 0 Å². The molecule has 6 heteroatoms. The Morgan fingerprint density at radius 2 is 2.23 bits per heavy atom. The van der Waals surface area contributed by atoms with Gasteiger partial charge in [0.1, 0.15) is 0 Å². The third-order valence-corrected chi connectivity index (χ3v) is 4.16. The quantitative estimate of drug-likeness (QED) is 0.916. The van der Waals surface area contributed by atoms with E-state index in [2.05, 4.69) is 36.8 Å². The van der Waals surface area contributed by atoms with Crippen molar-refractivity contribution in [3.8, 4) is 10.6 Å². The summed E-state index contributed by atoms with van der Waals surface area (Å²) in [5, 5.41) is 16.9. The minimum absolute atomic E-state index is 0.841. The molecule has 0 aliphatic carbocycles. The van der Waals surface area contributed by atoms with E-state index in [1.807, 2.05) is 12.4 Å². The highest BCUT2D eigenvalue weighted by Crippen LogP contribution is 2.34. The van der Waals surface area contributed by atoms with Gasteiger partial charge in [0.25, 0.3) is 0 Å². The summed E-state index contributed by atoms with van der Waals surface area (Å²) in [6.45, 7) is 0. The second kappa shape index (κ2) is 3.73. The molecule has 2 heterocycles. The molecule has 0 saturated heterocycles. The Kier molecular flexibility index (Phi) is 2.61. The summed E-state index contributed by atoms with van der Waals surface area (Å²) in [5.74, 6) is 0. The molecular formula is C7H6BrN3S2. The molecular weight excluding hydrogens is 270 g/mol. The SMILES string of the molecule is CNc1nnc(-c2cscc2Br)s1. The molecule has 0 unspecified atom stereocenters. The molecule has 2 rings (SSSR count). The van der Waals surface area contributed by atoms with E-state index in [0.717, 1.165) is 20.2 Å². The lowest BCUT2D eigenvalue weighted by Crippen LogP contribution is -1.84. The summed E-state index contributed by atoms with van der Waals surface area (Å²) < 4.78 is 1.08.